The first-order chi connectivity index (χ1) is 12.8. The van der Waals surface area contributed by atoms with Crippen molar-refractivity contribution in [3.8, 4) is 5.75 Å². The number of piperidine rings is 1. The highest BCUT2D eigenvalue weighted by atomic mass is 35.5. The number of methoxy groups -OCH3 is 1. The first-order valence-corrected chi connectivity index (χ1v) is 9.26. The third kappa shape index (κ3) is 5.85. The first kappa shape index (κ1) is 21.0. The van der Waals surface area contributed by atoms with Crippen molar-refractivity contribution in [3.05, 3.63) is 28.8 Å². The molecule has 8 heteroatoms. The van der Waals surface area contributed by atoms with Crippen molar-refractivity contribution in [2.45, 2.75) is 25.7 Å². The zero-order valence-electron chi connectivity index (χ0n) is 15.6. The van der Waals surface area contributed by atoms with E-state index in [1.165, 1.54) is 4.90 Å². The number of halogens is 1. The van der Waals surface area contributed by atoms with Crippen molar-refractivity contribution in [1.29, 1.82) is 0 Å². The second kappa shape index (κ2) is 9.60. The van der Waals surface area contributed by atoms with E-state index in [1.54, 1.807) is 31.2 Å². The quantitative estimate of drug-likeness (QED) is 0.762. The van der Waals surface area contributed by atoms with E-state index in [2.05, 4.69) is 0 Å². The largest absolute Gasteiger partial charge is 0.495 e. The van der Waals surface area contributed by atoms with E-state index in [-0.39, 0.29) is 30.7 Å². The van der Waals surface area contributed by atoms with Gasteiger partial charge >= 0.3 is 5.97 Å². The van der Waals surface area contributed by atoms with Gasteiger partial charge in [-0.1, -0.05) is 17.7 Å². The highest BCUT2D eigenvalue weighted by Gasteiger charge is 2.27. The van der Waals surface area contributed by atoms with Crippen LogP contribution in [0.3, 0.4) is 0 Å². The lowest BCUT2D eigenvalue weighted by Crippen LogP contribution is -2.45. The normalized spacial score (nSPS) is 14.7. The fourth-order valence-corrected chi connectivity index (χ4v) is 3.35. The molecule has 0 aromatic heterocycles. The van der Waals surface area contributed by atoms with Gasteiger partial charge in [0.05, 0.1) is 24.6 Å². The van der Waals surface area contributed by atoms with Gasteiger partial charge in [0.25, 0.3) is 0 Å². The van der Waals surface area contributed by atoms with E-state index in [1.807, 2.05) is 6.07 Å². The molecule has 0 radical (unpaired) electrons. The molecule has 27 heavy (non-hydrogen) atoms. The van der Waals surface area contributed by atoms with Crippen molar-refractivity contribution < 1.29 is 24.2 Å². The van der Waals surface area contributed by atoms with E-state index >= 15 is 0 Å². The molecule has 0 spiro atoms. The molecular weight excluding hydrogens is 372 g/mol. The zero-order chi connectivity index (χ0) is 20.0. The highest BCUT2D eigenvalue weighted by Crippen LogP contribution is 2.25. The Kier molecular flexibility index (Phi) is 7.47. The summed E-state index contributed by atoms with van der Waals surface area (Å²) in [5.41, 5.74) is 0.921. The van der Waals surface area contributed by atoms with Crippen molar-refractivity contribution in [2.24, 2.45) is 5.92 Å². The van der Waals surface area contributed by atoms with E-state index in [9.17, 15) is 14.4 Å². The number of rotatable bonds is 7. The van der Waals surface area contributed by atoms with Gasteiger partial charge in [-0.15, -0.1) is 0 Å². The fourth-order valence-electron chi connectivity index (χ4n) is 3.07. The Morgan fingerprint density at radius 1 is 1.30 bits per heavy atom. The van der Waals surface area contributed by atoms with Crippen molar-refractivity contribution in [3.63, 3.8) is 0 Å². The maximum Gasteiger partial charge on any atom is 0.306 e. The highest BCUT2D eigenvalue weighted by molar-refractivity contribution is 6.32. The van der Waals surface area contributed by atoms with Crippen molar-refractivity contribution in [1.82, 2.24) is 9.80 Å². The van der Waals surface area contributed by atoms with Gasteiger partial charge in [-0.3, -0.25) is 14.4 Å². The van der Waals surface area contributed by atoms with Gasteiger partial charge in [-0.2, -0.15) is 0 Å². The van der Waals surface area contributed by atoms with Crippen LogP contribution in [0.2, 0.25) is 5.02 Å². The minimum Gasteiger partial charge on any atom is -0.495 e. The number of ether oxygens (including phenoxy) is 1. The van der Waals surface area contributed by atoms with E-state index < -0.39 is 5.97 Å². The van der Waals surface area contributed by atoms with Crippen LogP contribution in [0, 0.1) is 5.92 Å². The van der Waals surface area contributed by atoms with Crippen LogP contribution in [0.1, 0.15) is 24.8 Å². The molecular formula is C19H25ClN2O5. The number of aliphatic carboxylic acids is 1. The molecule has 7 nitrogen and oxygen atoms in total. The molecule has 1 aliphatic heterocycles. The average molecular weight is 397 g/mol. The maximum atomic E-state index is 12.3. The van der Waals surface area contributed by atoms with Crippen molar-refractivity contribution in [2.75, 3.05) is 33.8 Å². The number of carbonyl (C=O) groups is 3. The molecule has 0 atom stereocenters. The van der Waals surface area contributed by atoms with Gasteiger partial charge in [0, 0.05) is 26.6 Å². The number of aryl methyl sites for hydroxylation is 1. The molecule has 148 valence electrons. The molecule has 1 aromatic carbocycles. The average Bonchev–Trinajstić information content (AvgIpc) is 2.66. The van der Waals surface area contributed by atoms with Crippen LogP contribution < -0.4 is 4.74 Å². The number of hydrogen-bond acceptors (Lipinski definition) is 4. The van der Waals surface area contributed by atoms with Crippen LogP contribution in [-0.2, 0) is 20.8 Å². The van der Waals surface area contributed by atoms with Crippen molar-refractivity contribution >= 4 is 29.4 Å². The molecule has 0 aliphatic carbocycles. The van der Waals surface area contributed by atoms with E-state index in [4.69, 9.17) is 21.4 Å². The Hall–Kier alpha value is -2.28. The van der Waals surface area contributed by atoms with Gasteiger partial charge in [0.2, 0.25) is 11.8 Å². The standard InChI is InChI=1S/C19H25ClN2O5/c1-21(12-18(24)22-9-7-14(8-10-22)19(25)26)17(23)6-4-13-3-5-16(27-2)15(20)11-13/h3,5,11,14H,4,6-10,12H2,1-2H3,(H,25,26). The number of likely N-dealkylation sites (tertiary alicyclic amines) is 1. The van der Waals surface area contributed by atoms with Gasteiger partial charge in [0.15, 0.2) is 0 Å². The Balaban J connectivity index is 1.79. The monoisotopic (exact) mass is 396 g/mol. The predicted molar refractivity (Wildman–Crippen MR) is 101 cm³/mol. The van der Waals surface area contributed by atoms with Crippen LogP contribution >= 0.6 is 11.6 Å². The maximum absolute atomic E-state index is 12.3. The number of carboxylic acid groups (broad SMARTS) is 1. The topological polar surface area (TPSA) is 87.2 Å². The third-order valence-corrected chi connectivity index (χ3v) is 5.13. The van der Waals surface area contributed by atoms with Gasteiger partial charge in [-0.05, 0) is 37.0 Å². The molecule has 1 heterocycles. The lowest BCUT2D eigenvalue weighted by molar-refractivity contribution is -0.146. The summed E-state index contributed by atoms with van der Waals surface area (Å²) < 4.78 is 5.10. The number of carboxylic acids is 1. The van der Waals surface area contributed by atoms with Gasteiger partial charge in [-0.25, -0.2) is 0 Å². The van der Waals surface area contributed by atoms with Crippen LogP contribution in [0.5, 0.6) is 5.75 Å². The molecule has 0 saturated carbocycles. The second-order valence-corrected chi connectivity index (χ2v) is 7.12. The van der Waals surface area contributed by atoms with Gasteiger partial charge < -0.3 is 19.6 Å². The minimum atomic E-state index is -0.812. The first-order valence-electron chi connectivity index (χ1n) is 8.88. The number of amides is 2. The lowest BCUT2D eigenvalue weighted by atomic mass is 9.97. The number of nitrogens with zero attached hydrogens (tertiary/aromatic N) is 2. The van der Waals surface area contributed by atoms with E-state index in [0.717, 1.165) is 5.56 Å². The smallest absolute Gasteiger partial charge is 0.306 e. The van der Waals surface area contributed by atoms with Crippen LogP contribution in [-0.4, -0.2) is 66.5 Å². The molecule has 2 amide bonds. The molecule has 1 aromatic rings. The second-order valence-electron chi connectivity index (χ2n) is 6.71. The van der Waals surface area contributed by atoms with Gasteiger partial charge in [0.1, 0.15) is 5.75 Å². The lowest BCUT2D eigenvalue weighted by Gasteiger charge is -2.31. The van der Waals surface area contributed by atoms with E-state index in [0.29, 0.717) is 43.1 Å². The van der Waals surface area contributed by atoms with Crippen LogP contribution in [0.25, 0.3) is 0 Å². The molecule has 0 bridgehead atoms. The molecule has 2 rings (SSSR count). The summed E-state index contributed by atoms with van der Waals surface area (Å²) in [5, 5.41) is 9.51. The molecule has 0 unspecified atom stereocenters. The Morgan fingerprint density at radius 2 is 1.96 bits per heavy atom. The molecule has 1 N–H and O–H groups in total. The van der Waals surface area contributed by atoms with Crippen LogP contribution in [0.4, 0.5) is 0 Å². The summed E-state index contributed by atoms with van der Waals surface area (Å²) in [5.74, 6) is -0.892. The summed E-state index contributed by atoms with van der Waals surface area (Å²) in [6, 6.07) is 5.39. The molecule has 1 aliphatic rings. The summed E-state index contributed by atoms with van der Waals surface area (Å²) >= 11 is 6.08. The third-order valence-electron chi connectivity index (χ3n) is 4.84. The minimum absolute atomic E-state index is 0.0000594. The molecule has 1 saturated heterocycles. The summed E-state index contributed by atoms with van der Waals surface area (Å²) in [6.07, 6.45) is 1.70. The fraction of sp³-hybridized carbons (Fsp3) is 0.526. The predicted octanol–water partition coefficient (Wildman–Crippen LogP) is 2.06. The number of carbonyl (C=O) groups excluding carboxylic acids is 2. The zero-order valence-corrected chi connectivity index (χ0v) is 16.4. The summed E-state index contributed by atoms with van der Waals surface area (Å²) in [4.78, 5) is 38.7. The van der Waals surface area contributed by atoms with Crippen LogP contribution in [0.15, 0.2) is 18.2 Å². The summed E-state index contributed by atoms with van der Waals surface area (Å²) in [7, 11) is 3.14. The Morgan fingerprint density at radius 3 is 2.52 bits per heavy atom. The number of benzene rings is 1. The number of hydrogen-bond donors (Lipinski definition) is 1. The Bertz CT molecular complexity index is 701. The summed E-state index contributed by atoms with van der Waals surface area (Å²) in [6.45, 7) is 0.838. The SMILES string of the molecule is COc1ccc(CCC(=O)N(C)CC(=O)N2CCC(C(=O)O)CC2)cc1Cl. The molecule has 1 fully saturated rings. The Labute approximate surface area is 163 Å². The number of likely N-dealkylation sites (N-methyl/N-ethyl adjacent to an activating group) is 1.